The Balaban J connectivity index is 1.98. The fourth-order valence-corrected chi connectivity index (χ4v) is 3.95. The summed E-state index contributed by atoms with van der Waals surface area (Å²) < 4.78 is 5.04. The fraction of sp³-hybridized carbons (Fsp3) is 0.273. The van der Waals surface area contributed by atoms with E-state index in [1.54, 1.807) is 17.0 Å². The number of hydrogen-bond acceptors (Lipinski definition) is 6. The van der Waals surface area contributed by atoms with Crippen molar-refractivity contribution in [2.75, 3.05) is 13.7 Å². The van der Waals surface area contributed by atoms with Gasteiger partial charge in [-0.15, -0.1) is 0 Å². The first-order valence-electron chi connectivity index (χ1n) is 9.47. The van der Waals surface area contributed by atoms with E-state index < -0.39 is 4.92 Å². The summed E-state index contributed by atoms with van der Waals surface area (Å²) in [6.07, 6.45) is 1.66. The number of ether oxygens (including phenoxy) is 1. The lowest BCUT2D eigenvalue weighted by Gasteiger charge is -2.17. The number of carbonyl (C=O) groups excluding carboxylic acids is 1. The molecule has 0 aliphatic carbocycles. The van der Waals surface area contributed by atoms with Gasteiger partial charge in [-0.05, 0) is 54.4 Å². The van der Waals surface area contributed by atoms with Crippen molar-refractivity contribution in [1.29, 1.82) is 0 Å². The molecule has 0 aromatic heterocycles. The average molecular weight is 426 g/mol. The molecule has 1 amide bonds. The number of methoxy groups -OCH3 is 1. The van der Waals surface area contributed by atoms with E-state index in [1.807, 2.05) is 45.0 Å². The van der Waals surface area contributed by atoms with Gasteiger partial charge in [-0.3, -0.25) is 19.8 Å². The molecule has 0 bridgehead atoms. The van der Waals surface area contributed by atoms with Gasteiger partial charge in [0.1, 0.15) is 0 Å². The van der Waals surface area contributed by atoms with E-state index in [2.05, 4.69) is 4.99 Å². The van der Waals surface area contributed by atoms with Crippen LogP contribution in [0.15, 0.2) is 52.4 Å². The number of amides is 1. The smallest absolute Gasteiger partial charge is 0.311 e. The van der Waals surface area contributed by atoms with Crippen LogP contribution in [-0.2, 0) is 4.79 Å². The number of aryl methyl sites for hydroxylation is 1. The van der Waals surface area contributed by atoms with Crippen molar-refractivity contribution >= 4 is 40.3 Å². The minimum absolute atomic E-state index is 0.144. The Morgan fingerprint density at radius 3 is 2.53 bits per heavy atom. The number of carbonyl (C=O) groups is 1. The zero-order valence-corrected chi connectivity index (χ0v) is 18.1. The molecule has 30 heavy (non-hydrogen) atoms. The molecule has 1 aliphatic heterocycles. The number of nitrogens with zero attached hydrogens (tertiary/aromatic N) is 3. The van der Waals surface area contributed by atoms with Gasteiger partial charge in [0.2, 0.25) is 0 Å². The first-order chi connectivity index (χ1) is 14.3. The lowest BCUT2D eigenvalue weighted by molar-refractivity contribution is -0.385. The Bertz CT molecular complexity index is 1030. The van der Waals surface area contributed by atoms with Crippen LogP contribution in [0.3, 0.4) is 0 Å². The number of nitro groups is 1. The van der Waals surface area contributed by atoms with Crippen LogP contribution in [0.1, 0.15) is 25.0 Å². The predicted molar refractivity (Wildman–Crippen MR) is 120 cm³/mol. The van der Waals surface area contributed by atoms with Gasteiger partial charge in [0.15, 0.2) is 10.9 Å². The van der Waals surface area contributed by atoms with Crippen LogP contribution in [0.2, 0.25) is 0 Å². The second-order valence-electron chi connectivity index (χ2n) is 7.34. The molecule has 0 spiro atoms. The zero-order valence-electron chi connectivity index (χ0n) is 17.3. The molecule has 7 nitrogen and oxygen atoms in total. The van der Waals surface area contributed by atoms with Crippen LogP contribution in [-0.4, -0.2) is 34.6 Å². The Morgan fingerprint density at radius 2 is 1.93 bits per heavy atom. The van der Waals surface area contributed by atoms with Crippen LogP contribution in [0, 0.1) is 23.0 Å². The molecule has 0 atom stereocenters. The summed E-state index contributed by atoms with van der Waals surface area (Å²) in [4.78, 5) is 30.6. The highest BCUT2D eigenvalue weighted by Gasteiger charge is 2.33. The summed E-state index contributed by atoms with van der Waals surface area (Å²) >= 11 is 1.27. The van der Waals surface area contributed by atoms with E-state index >= 15 is 0 Å². The van der Waals surface area contributed by atoms with Gasteiger partial charge in [0, 0.05) is 12.6 Å². The molecule has 8 heteroatoms. The average Bonchev–Trinajstić information content (AvgIpc) is 2.98. The zero-order chi connectivity index (χ0) is 21.8. The highest BCUT2D eigenvalue weighted by molar-refractivity contribution is 8.18. The number of thioether (sulfide) groups is 1. The minimum Gasteiger partial charge on any atom is -0.490 e. The molecule has 3 rings (SSSR count). The van der Waals surface area contributed by atoms with Crippen LogP contribution < -0.4 is 4.74 Å². The number of benzene rings is 2. The summed E-state index contributed by atoms with van der Waals surface area (Å²) in [6.45, 7) is 6.62. The molecule has 156 valence electrons. The molecule has 2 aromatic rings. The first kappa shape index (κ1) is 21.6. The van der Waals surface area contributed by atoms with Gasteiger partial charge < -0.3 is 4.74 Å². The van der Waals surface area contributed by atoms with Crippen LogP contribution in [0.25, 0.3) is 6.08 Å². The van der Waals surface area contributed by atoms with E-state index in [0.717, 1.165) is 11.3 Å². The van der Waals surface area contributed by atoms with Gasteiger partial charge >= 0.3 is 5.69 Å². The molecular formula is C22H23N3O4S. The molecular weight excluding hydrogens is 402 g/mol. The monoisotopic (exact) mass is 425 g/mol. The van der Waals surface area contributed by atoms with Crippen molar-refractivity contribution in [1.82, 2.24) is 4.90 Å². The Hall–Kier alpha value is -3.13. The quantitative estimate of drug-likeness (QED) is 0.362. The number of aliphatic imine (C=N–C) groups is 1. The molecule has 0 saturated carbocycles. The van der Waals surface area contributed by atoms with Gasteiger partial charge in [-0.1, -0.05) is 37.6 Å². The SMILES string of the molecule is COc1ccc(/C=C2/SC(=Nc3ccc(C)cc3)N(CC(C)C)C2=O)cc1[N+](=O)[O-]. The van der Waals surface area contributed by atoms with Crippen molar-refractivity contribution in [2.45, 2.75) is 20.8 Å². The topological polar surface area (TPSA) is 85.0 Å². The largest absolute Gasteiger partial charge is 0.490 e. The first-order valence-corrected chi connectivity index (χ1v) is 10.3. The van der Waals surface area contributed by atoms with Crippen molar-refractivity contribution < 1.29 is 14.5 Å². The number of nitro benzene ring substituents is 1. The summed E-state index contributed by atoms with van der Waals surface area (Å²) in [6, 6.07) is 12.4. The van der Waals surface area contributed by atoms with Gasteiger partial charge in [0.25, 0.3) is 5.91 Å². The van der Waals surface area contributed by atoms with Gasteiger partial charge in [-0.25, -0.2) is 4.99 Å². The van der Waals surface area contributed by atoms with Crippen LogP contribution in [0.5, 0.6) is 5.75 Å². The summed E-state index contributed by atoms with van der Waals surface area (Å²) in [7, 11) is 1.38. The van der Waals surface area contributed by atoms with E-state index in [0.29, 0.717) is 22.2 Å². The number of hydrogen-bond donors (Lipinski definition) is 0. The van der Waals surface area contributed by atoms with E-state index in [-0.39, 0.29) is 23.3 Å². The molecule has 1 heterocycles. The summed E-state index contributed by atoms with van der Waals surface area (Å²) in [5.74, 6) is 0.285. The third-order valence-electron chi connectivity index (χ3n) is 4.39. The normalized spacial score (nSPS) is 16.7. The van der Waals surface area contributed by atoms with Gasteiger partial charge in [0.05, 0.1) is 22.6 Å². The van der Waals surface area contributed by atoms with Crippen molar-refractivity contribution in [2.24, 2.45) is 10.9 Å². The maximum absolute atomic E-state index is 13.0. The van der Waals surface area contributed by atoms with E-state index in [1.165, 1.54) is 31.0 Å². The number of amidine groups is 1. The second kappa shape index (κ2) is 9.13. The van der Waals surface area contributed by atoms with Crippen LogP contribution in [0.4, 0.5) is 11.4 Å². The third kappa shape index (κ3) is 4.88. The second-order valence-corrected chi connectivity index (χ2v) is 8.35. The molecule has 1 fully saturated rings. The van der Waals surface area contributed by atoms with Crippen molar-refractivity contribution in [3.63, 3.8) is 0 Å². The predicted octanol–water partition coefficient (Wildman–Crippen LogP) is 5.17. The lowest BCUT2D eigenvalue weighted by Crippen LogP contribution is -2.32. The highest BCUT2D eigenvalue weighted by Crippen LogP contribution is 2.36. The molecule has 0 unspecified atom stereocenters. The Labute approximate surface area is 179 Å². The fourth-order valence-electron chi connectivity index (χ4n) is 2.94. The molecule has 2 aromatic carbocycles. The Kier molecular flexibility index (Phi) is 6.56. The van der Waals surface area contributed by atoms with Crippen molar-refractivity contribution in [3.05, 3.63) is 68.6 Å². The Morgan fingerprint density at radius 1 is 1.23 bits per heavy atom. The van der Waals surface area contributed by atoms with Crippen molar-refractivity contribution in [3.8, 4) is 5.75 Å². The van der Waals surface area contributed by atoms with Gasteiger partial charge in [-0.2, -0.15) is 0 Å². The van der Waals surface area contributed by atoms with Crippen LogP contribution >= 0.6 is 11.8 Å². The highest BCUT2D eigenvalue weighted by atomic mass is 32.2. The maximum atomic E-state index is 13.0. The third-order valence-corrected chi connectivity index (χ3v) is 5.40. The summed E-state index contributed by atoms with van der Waals surface area (Å²) in [5.41, 5.74) is 2.31. The molecule has 0 N–H and O–H groups in total. The van der Waals surface area contributed by atoms with E-state index in [9.17, 15) is 14.9 Å². The minimum atomic E-state index is -0.500. The maximum Gasteiger partial charge on any atom is 0.311 e. The summed E-state index contributed by atoms with van der Waals surface area (Å²) in [5, 5.41) is 11.9. The molecule has 1 saturated heterocycles. The molecule has 1 aliphatic rings. The van der Waals surface area contributed by atoms with E-state index in [4.69, 9.17) is 4.74 Å². The standard InChI is InChI=1S/C22H23N3O4S/c1-14(2)13-24-21(26)20(30-22(24)23-17-8-5-15(3)6-9-17)12-16-7-10-19(29-4)18(11-16)25(27)28/h5-12,14H,13H2,1-4H3/b20-12+,23-22?. The lowest BCUT2D eigenvalue weighted by atomic mass is 10.1. The number of rotatable bonds is 6. The molecule has 0 radical (unpaired) electrons.